The molecule has 0 spiro atoms. The third-order valence-corrected chi connectivity index (χ3v) is 5.50. The molecule has 7 nitrogen and oxygen atoms in total. The van der Waals surface area contributed by atoms with Crippen LogP contribution < -0.4 is 9.46 Å². The summed E-state index contributed by atoms with van der Waals surface area (Å²) in [5.74, 6) is -1.64. The molecule has 0 aliphatic carbocycles. The summed E-state index contributed by atoms with van der Waals surface area (Å²) in [6.07, 6.45) is 0. The van der Waals surface area contributed by atoms with E-state index in [-0.39, 0.29) is 29.1 Å². The van der Waals surface area contributed by atoms with Gasteiger partial charge in [-0.1, -0.05) is 6.07 Å². The van der Waals surface area contributed by atoms with Crippen LogP contribution >= 0.6 is 0 Å². The Kier molecular flexibility index (Phi) is 5.24. The van der Waals surface area contributed by atoms with Crippen molar-refractivity contribution in [3.8, 4) is 5.75 Å². The minimum Gasteiger partial charge on any atom is -0.494 e. The van der Waals surface area contributed by atoms with Gasteiger partial charge in [-0.05, 0) is 43.3 Å². The molecule has 0 saturated carbocycles. The molecule has 0 fully saturated rings. The molecule has 0 bridgehead atoms. The predicted molar refractivity (Wildman–Crippen MR) is 94.6 cm³/mol. The third kappa shape index (κ3) is 3.69. The Bertz CT molecular complexity index is 989. The van der Waals surface area contributed by atoms with E-state index in [2.05, 4.69) is 4.72 Å². The van der Waals surface area contributed by atoms with E-state index in [1.165, 1.54) is 36.4 Å². The summed E-state index contributed by atoms with van der Waals surface area (Å²) < 4.78 is 46.0. The summed E-state index contributed by atoms with van der Waals surface area (Å²) in [5, 5.41) is 0. The van der Waals surface area contributed by atoms with E-state index in [4.69, 9.17) is 4.74 Å². The van der Waals surface area contributed by atoms with Crippen molar-refractivity contribution in [2.75, 3.05) is 19.7 Å². The second kappa shape index (κ2) is 7.45. The Morgan fingerprint density at radius 3 is 2.41 bits per heavy atom. The molecule has 142 valence electrons. The summed E-state index contributed by atoms with van der Waals surface area (Å²) >= 11 is 0. The number of rotatable bonds is 7. The van der Waals surface area contributed by atoms with Gasteiger partial charge in [0, 0.05) is 13.1 Å². The van der Waals surface area contributed by atoms with Gasteiger partial charge in [0.15, 0.2) is 0 Å². The first-order valence-electron chi connectivity index (χ1n) is 8.22. The number of hydrogen-bond acceptors (Lipinski definition) is 5. The summed E-state index contributed by atoms with van der Waals surface area (Å²) in [6, 6.07) is 9.66. The SMILES string of the molecule is CCOc1ccc(S(=O)(=O)NCCN2C(=O)c3cccc(F)c3C2=O)cc1. The topological polar surface area (TPSA) is 92.8 Å². The first-order valence-corrected chi connectivity index (χ1v) is 9.70. The fraction of sp³-hybridized carbons (Fsp3) is 0.222. The molecule has 0 unspecified atom stereocenters. The van der Waals surface area contributed by atoms with Gasteiger partial charge in [-0.15, -0.1) is 0 Å². The molecule has 1 aliphatic heterocycles. The molecule has 0 atom stereocenters. The van der Waals surface area contributed by atoms with E-state index >= 15 is 0 Å². The van der Waals surface area contributed by atoms with Crippen molar-refractivity contribution in [3.63, 3.8) is 0 Å². The Hall–Kier alpha value is -2.78. The van der Waals surface area contributed by atoms with E-state index in [1.54, 1.807) is 0 Å². The van der Waals surface area contributed by atoms with Crippen molar-refractivity contribution >= 4 is 21.8 Å². The van der Waals surface area contributed by atoms with E-state index in [0.29, 0.717) is 12.4 Å². The Morgan fingerprint density at radius 1 is 1.07 bits per heavy atom. The maximum atomic E-state index is 13.8. The number of benzene rings is 2. The average molecular weight is 392 g/mol. The molecule has 0 radical (unpaired) electrons. The van der Waals surface area contributed by atoms with Crippen LogP contribution in [-0.2, 0) is 10.0 Å². The molecule has 9 heteroatoms. The van der Waals surface area contributed by atoms with Gasteiger partial charge in [-0.3, -0.25) is 14.5 Å². The lowest BCUT2D eigenvalue weighted by molar-refractivity contribution is 0.0656. The number of carbonyl (C=O) groups is 2. The number of imide groups is 1. The van der Waals surface area contributed by atoms with Gasteiger partial charge in [-0.25, -0.2) is 17.5 Å². The van der Waals surface area contributed by atoms with Crippen LogP contribution in [0.25, 0.3) is 0 Å². The van der Waals surface area contributed by atoms with Gasteiger partial charge in [0.25, 0.3) is 11.8 Å². The largest absolute Gasteiger partial charge is 0.494 e. The number of fused-ring (bicyclic) bond motifs is 1. The number of sulfonamides is 1. The number of ether oxygens (including phenoxy) is 1. The van der Waals surface area contributed by atoms with Crippen LogP contribution in [0.4, 0.5) is 4.39 Å². The Labute approximate surface area is 155 Å². The highest BCUT2D eigenvalue weighted by molar-refractivity contribution is 7.89. The van der Waals surface area contributed by atoms with Gasteiger partial charge in [-0.2, -0.15) is 0 Å². The van der Waals surface area contributed by atoms with Crippen LogP contribution in [0.5, 0.6) is 5.75 Å². The first kappa shape index (κ1) is 19.0. The van der Waals surface area contributed by atoms with E-state index in [0.717, 1.165) is 11.0 Å². The molecule has 2 aromatic rings. The summed E-state index contributed by atoms with van der Waals surface area (Å²) in [7, 11) is -3.82. The highest BCUT2D eigenvalue weighted by atomic mass is 32.2. The van der Waals surface area contributed by atoms with Crippen molar-refractivity contribution < 1.29 is 27.1 Å². The molecule has 0 saturated heterocycles. The lowest BCUT2D eigenvalue weighted by Crippen LogP contribution is -2.38. The summed E-state index contributed by atoms with van der Waals surface area (Å²) in [4.78, 5) is 25.3. The molecule has 2 aromatic carbocycles. The van der Waals surface area contributed by atoms with Crippen molar-refractivity contribution in [2.24, 2.45) is 0 Å². The number of amides is 2. The smallest absolute Gasteiger partial charge is 0.264 e. The fourth-order valence-corrected chi connectivity index (χ4v) is 3.77. The standard InChI is InChI=1S/C18H17FN2O5S/c1-2-26-12-6-8-13(9-7-12)27(24,25)20-10-11-21-17(22)14-4-3-5-15(19)16(14)18(21)23/h3-9,20H,2,10-11H2,1H3. The lowest BCUT2D eigenvalue weighted by atomic mass is 10.1. The van der Waals surface area contributed by atoms with Crippen LogP contribution in [0, 0.1) is 5.82 Å². The Balaban J connectivity index is 1.65. The van der Waals surface area contributed by atoms with Gasteiger partial charge in [0.05, 0.1) is 22.6 Å². The fourth-order valence-electron chi connectivity index (χ4n) is 2.75. The molecular formula is C18H17FN2O5S. The lowest BCUT2D eigenvalue weighted by Gasteiger charge is -2.14. The maximum Gasteiger partial charge on any atom is 0.264 e. The average Bonchev–Trinajstić information content (AvgIpc) is 2.88. The van der Waals surface area contributed by atoms with Crippen molar-refractivity contribution in [2.45, 2.75) is 11.8 Å². The second-order valence-corrected chi connectivity index (χ2v) is 7.49. The Morgan fingerprint density at radius 2 is 1.78 bits per heavy atom. The van der Waals surface area contributed by atoms with Gasteiger partial charge >= 0.3 is 0 Å². The molecule has 3 rings (SSSR count). The van der Waals surface area contributed by atoms with Crippen LogP contribution in [0.1, 0.15) is 27.6 Å². The third-order valence-electron chi connectivity index (χ3n) is 4.02. The van der Waals surface area contributed by atoms with Crippen LogP contribution in [-0.4, -0.2) is 44.8 Å². The number of hydrogen-bond donors (Lipinski definition) is 1. The quantitative estimate of drug-likeness (QED) is 0.726. The molecule has 1 aliphatic rings. The highest BCUT2D eigenvalue weighted by Crippen LogP contribution is 2.24. The number of nitrogens with one attached hydrogen (secondary N) is 1. The van der Waals surface area contributed by atoms with E-state index in [9.17, 15) is 22.4 Å². The van der Waals surface area contributed by atoms with Crippen molar-refractivity contribution in [1.82, 2.24) is 9.62 Å². The molecule has 1 N–H and O–H groups in total. The minimum atomic E-state index is -3.82. The second-order valence-electron chi connectivity index (χ2n) is 5.73. The summed E-state index contributed by atoms with van der Waals surface area (Å²) in [5.41, 5.74) is -0.300. The van der Waals surface area contributed by atoms with Crippen molar-refractivity contribution in [1.29, 1.82) is 0 Å². The molecule has 1 heterocycles. The summed E-state index contributed by atoms with van der Waals surface area (Å²) in [6.45, 7) is 1.88. The molecular weight excluding hydrogens is 375 g/mol. The first-order chi connectivity index (χ1) is 12.8. The zero-order valence-corrected chi connectivity index (χ0v) is 15.3. The maximum absolute atomic E-state index is 13.8. The predicted octanol–water partition coefficient (Wildman–Crippen LogP) is 1.80. The highest BCUT2D eigenvalue weighted by Gasteiger charge is 2.37. The van der Waals surface area contributed by atoms with Crippen LogP contribution in [0.2, 0.25) is 0 Å². The van der Waals surface area contributed by atoms with E-state index < -0.39 is 27.7 Å². The molecule has 2 amide bonds. The van der Waals surface area contributed by atoms with Gasteiger partial charge < -0.3 is 4.74 Å². The zero-order valence-electron chi connectivity index (χ0n) is 14.4. The number of nitrogens with zero attached hydrogens (tertiary/aromatic N) is 1. The number of carbonyl (C=O) groups excluding carboxylic acids is 2. The zero-order chi connectivity index (χ0) is 19.6. The van der Waals surface area contributed by atoms with Crippen molar-refractivity contribution in [3.05, 3.63) is 59.4 Å². The van der Waals surface area contributed by atoms with Crippen LogP contribution in [0.15, 0.2) is 47.4 Å². The minimum absolute atomic E-state index is 0.0191. The monoisotopic (exact) mass is 392 g/mol. The molecule has 0 aromatic heterocycles. The normalized spacial score (nSPS) is 13.8. The molecule has 27 heavy (non-hydrogen) atoms. The van der Waals surface area contributed by atoms with Gasteiger partial charge in [0.2, 0.25) is 10.0 Å². The van der Waals surface area contributed by atoms with Crippen LogP contribution in [0.3, 0.4) is 0 Å². The number of halogens is 1. The van der Waals surface area contributed by atoms with E-state index in [1.807, 2.05) is 6.92 Å². The van der Waals surface area contributed by atoms with Gasteiger partial charge in [0.1, 0.15) is 11.6 Å².